The largest absolute Gasteiger partial charge is 0.351 e. The van der Waals surface area contributed by atoms with Gasteiger partial charge in [-0.15, -0.1) is 5.10 Å². The van der Waals surface area contributed by atoms with Gasteiger partial charge in [0.2, 0.25) is 0 Å². The Bertz CT molecular complexity index is 303. The Morgan fingerprint density at radius 2 is 2.36 bits per heavy atom. The predicted octanol–water partition coefficient (Wildman–Crippen LogP) is 1.79. The molecule has 4 nitrogen and oxygen atoms in total. The third-order valence-electron chi connectivity index (χ3n) is 1.70. The highest BCUT2D eigenvalue weighted by Crippen LogP contribution is 2.08. The molecule has 1 N–H and O–H groups in total. The number of rotatable bonds is 5. The van der Waals surface area contributed by atoms with Crippen LogP contribution in [0.5, 0.6) is 0 Å². The van der Waals surface area contributed by atoms with E-state index in [0.29, 0.717) is 10.6 Å². The van der Waals surface area contributed by atoms with Crippen LogP contribution in [0.1, 0.15) is 28.2 Å². The molecule has 0 bridgehead atoms. The Morgan fingerprint density at radius 1 is 1.57 bits per heavy atom. The Labute approximate surface area is 101 Å². The summed E-state index contributed by atoms with van der Waals surface area (Å²) in [4.78, 5) is 12.1. The Kier molecular flexibility index (Phi) is 5.31. The fourth-order valence-electron chi connectivity index (χ4n) is 0.941. The molecule has 0 saturated heterocycles. The maximum atomic E-state index is 11.5. The Hall–Kier alpha value is -0.240. The van der Waals surface area contributed by atoms with E-state index in [4.69, 9.17) is 0 Å². The van der Waals surface area contributed by atoms with Gasteiger partial charge in [0.25, 0.3) is 5.91 Å². The fraction of sp³-hybridized carbons (Fsp3) is 0.625. The summed E-state index contributed by atoms with van der Waals surface area (Å²) >= 11 is 3.48. The van der Waals surface area contributed by atoms with Gasteiger partial charge in [-0.25, -0.2) is 0 Å². The first kappa shape index (κ1) is 11.8. The molecule has 1 heterocycles. The van der Waals surface area contributed by atoms with Crippen LogP contribution in [-0.2, 0) is 0 Å². The number of alkyl halides is 1. The number of aryl methyl sites for hydroxylation is 1. The van der Waals surface area contributed by atoms with Gasteiger partial charge in [-0.2, -0.15) is 0 Å². The molecule has 1 amide bonds. The van der Waals surface area contributed by atoms with E-state index in [-0.39, 0.29) is 5.91 Å². The van der Waals surface area contributed by atoms with Crippen molar-refractivity contribution in [3.05, 3.63) is 10.6 Å². The monoisotopic (exact) mass is 325 g/mol. The van der Waals surface area contributed by atoms with E-state index in [1.54, 1.807) is 6.92 Å². The summed E-state index contributed by atoms with van der Waals surface area (Å²) in [6.07, 6.45) is 2.17. The molecule has 0 atom stereocenters. The molecular formula is C8H12IN3OS. The maximum Gasteiger partial charge on any atom is 0.264 e. The van der Waals surface area contributed by atoms with E-state index in [1.165, 1.54) is 0 Å². The molecule has 0 fully saturated rings. The molecule has 1 rings (SSSR count). The Morgan fingerprint density at radius 3 is 2.93 bits per heavy atom. The number of carbonyl (C=O) groups excluding carboxylic acids is 1. The minimum absolute atomic E-state index is 0.0500. The SMILES string of the molecule is Cc1nnsc1C(=O)NCCCCI. The minimum atomic E-state index is -0.0500. The van der Waals surface area contributed by atoms with E-state index in [1.807, 2.05) is 0 Å². The van der Waals surface area contributed by atoms with Gasteiger partial charge in [-0.3, -0.25) is 4.79 Å². The number of carbonyl (C=O) groups is 1. The molecule has 0 spiro atoms. The highest BCUT2D eigenvalue weighted by atomic mass is 127. The highest BCUT2D eigenvalue weighted by molar-refractivity contribution is 14.1. The van der Waals surface area contributed by atoms with Crippen LogP contribution >= 0.6 is 34.1 Å². The van der Waals surface area contributed by atoms with Gasteiger partial charge < -0.3 is 5.32 Å². The summed E-state index contributed by atoms with van der Waals surface area (Å²) in [5.41, 5.74) is 0.710. The minimum Gasteiger partial charge on any atom is -0.351 e. The lowest BCUT2D eigenvalue weighted by Gasteiger charge is -2.01. The number of hydrogen-bond donors (Lipinski definition) is 1. The molecule has 0 saturated carbocycles. The van der Waals surface area contributed by atoms with Crippen LogP contribution in [0.15, 0.2) is 0 Å². The van der Waals surface area contributed by atoms with Crippen molar-refractivity contribution in [2.24, 2.45) is 0 Å². The van der Waals surface area contributed by atoms with E-state index >= 15 is 0 Å². The normalized spacial score (nSPS) is 10.1. The first-order chi connectivity index (χ1) is 6.75. The number of amides is 1. The molecule has 14 heavy (non-hydrogen) atoms. The van der Waals surface area contributed by atoms with Gasteiger partial charge in [0.15, 0.2) is 0 Å². The van der Waals surface area contributed by atoms with Gasteiger partial charge in [0.1, 0.15) is 4.88 Å². The van der Waals surface area contributed by atoms with Gasteiger partial charge >= 0.3 is 0 Å². The lowest BCUT2D eigenvalue weighted by Crippen LogP contribution is -2.24. The van der Waals surface area contributed by atoms with Gasteiger partial charge in [0, 0.05) is 6.54 Å². The van der Waals surface area contributed by atoms with Crippen molar-refractivity contribution >= 4 is 40.0 Å². The molecule has 1 aromatic rings. The van der Waals surface area contributed by atoms with Crippen molar-refractivity contribution in [3.8, 4) is 0 Å². The van der Waals surface area contributed by atoms with Crippen molar-refractivity contribution in [3.63, 3.8) is 0 Å². The average Bonchev–Trinajstić information content (AvgIpc) is 2.59. The van der Waals surface area contributed by atoms with E-state index < -0.39 is 0 Å². The quantitative estimate of drug-likeness (QED) is 0.510. The summed E-state index contributed by atoms with van der Waals surface area (Å²) in [7, 11) is 0. The van der Waals surface area contributed by atoms with Crippen LogP contribution < -0.4 is 5.32 Å². The second-order valence-electron chi connectivity index (χ2n) is 2.84. The molecule has 1 aromatic heterocycles. The second-order valence-corrected chi connectivity index (χ2v) is 4.67. The van der Waals surface area contributed by atoms with Crippen LogP contribution in [0.3, 0.4) is 0 Å². The average molecular weight is 325 g/mol. The lowest BCUT2D eigenvalue weighted by molar-refractivity contribution is 0.0956. The summed E-state index contributed by atoms with van der Waals surface area (Å²) in [6.45, 7) is 2.53. The standard InChI is InChI=1S/C8H12IN3OS/c1-6-7(14-12-11-6)8(13)10-5-3-2-4-9/h2-5H2,1H3,(H,10,13). The highest BCUT2D eigenvalue weighted by Gasteiger charge is 2.11. The number of aromatic nitrogens is 2. The first-order valence-electron chi connectivity index (χ1n) is 4.39. The van der Waals surface area contributed by atoms with Crippen LogP contribution in [0, 0.1) is 6.92 Å². The van der Waals surface area contributed by atoms with Crippen LogP contribution in [-0.4, -0.2) is 26.5 Å². The fourth-order valence-corrected chi connectivity index (χ4v) is 2.05. The van der Waals surface area contributed by atoms with Gasteiger partial charge in [-0.05, 0) is 35.7 Å². The third kappa shape index (κ3) is 3.49. The summed E-state index contributed by atoms with van der Waals surface area (Å²) in [5, 5.41) is 6.64. The molecule has 6 heteroatoms. The lowest BCUT2D eigenvalue weighted by atomic mass is 10.3. The summed E-state index contributed by atoms with van der Waals surface area (Å²) < 4.78 is 4.85. The molecule has 0 aliphatic carbocycles. The topological polar surface area (TPSA) is 54.9 Å². The summed E-state index contributed by atoms with van der Waals surface area (Å²) in [5.74, 6) is -0.0500. The van der Waals surface area contributed by atoms with Crippen molar-refractivity contribution in [1.82, 2.24) is 14.9 Å². The van der Waals surface area contributed by atoms with E-state index in [0.717, 1.165) is 35.3 Å². The molecule has 0 aromatic carbocycles. The third-order valence-corrected chi connectivity index (χ3v) is 3.29. The van der Waals surface area contributed by atoms with Crippen molar-refractivity contribution in [2.75, 3.05) is 11.0 Å². The van der Waals surface area contributed by atoms with Crippen LogP contribution in [0.25, 0.3) is 0 Å². The Balaban J connectivity index is 2.32. The molecule has 0 radical (unpaired) electrons. The maximum absolute atomic E-state index is 11.5. The zero-order chi connectivity index (χ0) is 10.4. The zero-order valence-electron chi connectivity index (χ0n) is 7.92. The molecule has 78 valence electrons. The number of halogens is 1. The zero-order valence-corrected chi connectivity index (χ0v) is 10.9. The van der Waals surface area contributed by atoms with E-state index in [2.05, 4.69) is 37.5 Å². The van der Waals surface area contributed by atoms with Gasteiger partial charge in [-0.1, -0.05) is 27.1 Å². The number of unbranched alkanes of at least 4 members (excludes halogenated alkanes) is 1. The summed E-state index contributed by atoms with van der Waals surface area (Å²) in [6, 6.07) is 0. The smallest absolute Gasteiger partial charge is 0.264 e. The molecular weight excluding hydrogens is 313 g/mol. The predicted molar refractivity (Wildman–Crippen MR) is 65.1 cm³/mol. The second kappa shape index (κ2) is 6.28. The van der Waals surface area contributed by atoms with E-state index in [9.17, 15) is 4.79 Å². The van der Waals surface area contributed by atoms with Gasteiger partial charge in [0.05, 0.1) is 5.69 Å². The molecule has 0 aliphatic rings. The van der Waals surface area contributed by atoms with Crippen LogP contribution in [0.2, 0.25) is 0 Å². The first-order valence-corrected chi connectivity index (χ1v) is 6.68. The van der Waals surface area contributed by atoms with Crippen molar-refractivity contribution < 1.29 is 4.79 Å². The number of nitrogens with one attached hydrogen (secondary N) is 1. The van der Waals surface area contributed by atoms with Crippen molar-refractivity contribution in [1.29, 1.82) is 0 Å². The van der Waals surface area contributed by atoms with Crippen LogP contribution in [0.4, 0.5) is 0 Å². The molecule has 0 unspecified atom stereocenters. The van der Waals surface area contributed by atoms with Crippen molar-refractivity contribution in [2.45, 2.75) is 19.8 Å². The number of hydrogen-bond acceptors (Lipinski definition) is 4. The number of nitrogens with zero attached hydrogens (tertiary/aromatic N) is 2. The molecule has 0 aliphatic heterocycles.